The molecule has 0 radical (unpaired) electrons. The molecule has 104 heavy (non-hydrogen) atoms. The molecule has 0 aromatic heterocycles. The minimum absolute atomic E-state index is 0. The van der Waals surface area contributed by atoms with Gasteiger partial charge in [0.2, 0.25) is 29.3 Å². The molecule has 3 amide bonds. The van der Waals surface area contributed by atoms with Crippen LogP contribution in [-0.2, 0) is 61.9 Å². The Hall–Kier alpha value is -1.79. The Bertz CT molecular complexity index is 2420. The van der Waals surface area contributed by atoms with Crippen LogP contribution in [-0.4, -0.2) is 280 Å². The second-order valence-corrected chi connectivity index (χ2v) is 27.9. The molecule has 17 N–H and O–H groups in total. The zero-order chi connectivity index (χ0) is 75.5. The van der Waals surface area contributed by atoms with Crippen molar-refractivity contribution >= 4 is 29.7 Å². The number of hydrogen-bond donors (Lipinski definition) is 17. The molecule has 34 heteroatoms. The average Bonchev–Trinajstić information content (AvgIpc) is 0.756. The number of carbonyl (C=O) groups excluding carboxylic acids is 5. The molecule has 0 aromatic rings. The summed E-state index contributed by atoms with van der Waals surface area (Å²) in [6.07, 6.45) is -9.25. The minimum Gasteiger partial charge on any atom is -0.544 e. The van der Waals surface area contributed by atoms with E-state index in [0.29, 0.717) is 12.8 Å². The van der Waals surface area contributed by atoms with Crippen LogP contribution in [0.5, 0.6) is 0 Å². The third-order valence-corrected chi connectivity index (χ3v) is 19.4. The van der Waals surface area contributed by atoms with Gasteiger partial charge in [0.25, 0.3) is 0 Å². The molecule has 4 heterocycles. The van der Waals surface area contributed by atoms with Gasteiger partial charge in [-0.2, -0.15) is 0 Å². The molecule has 24 atom stereocenters. The largest absolute Gasteiger partial charge is 1.00 e. The van der Waals surface area contributed by atoms with Crippen molar-refractivity contribution in [3.8, 4) is 0 Å². The van der Waals surface area contributed by atoms with Crippen molar-refractivity contribution in [2.24, 2.45) is 0 Å². The maximum absolute atomic E-state index is 13.5. The summed E-state index contributed by atoms with van der Waals surface area (Å²) in [5.41, 5.74) is 0. The van der Waals surface area contributed by atoms with Crippen LogP contribution < -0.4 is 85.3 Å². The fraction of sp³-hybridized carbons (Fsp3) is 0.900. The van der Waals surface area contributed by atoms with Gasteiger partial charge in [-0.3, -0.25) is 14.4 Å². The normalized spacial score (nSPS) is 31.1. The van der Waals surface area contributed by atoms with Gasteiger partial charge < -0.3 is 145 Å². The molecule has 4 aliphatic heterocycles. The number of carboxylic acid groups (broad SMARTS) is 2. The van der Waals surface area contributed by atoms with Crippen molar-refractivity contribution in [3.05, 3.63) is 12.2 Å². The molecule has 4 aliphatic rings. The van der Waals surface area contributed by atoms with Crippen molar-refractivity contribution in [2.45, 2.75) is 366 Å². The first-order valence-electron chi connectivity index (χ1n) is 37.2. The summed E-state index contributed by atoms with van der Waals surface area (Å²) in [5, 5.41) is 189. The molecule has 0 aliphatic carbocycles. The summed E-state index contributed by atoms with van der Waals surface area (Å²) in [5.74, 6) is -13.9. The van der Waals surface area contributed by atoms with Crippen LogP contribution in [0.2, 0.25) is 0 Å². The van der Waals surface area contributed by atoms with Crippen LogP contribution in [0.15, 0.2) is 12.2 Å². The molecule has 594 valence electrons. The van der Waals surface area contributed by atoms with Gasteiger partial charge in [0.05, 0.1) is 69.5 Å². The Kier molecular flexibility index (Phi) is 49.6. The molecule has 0 saturated carbocycles. The second-order valence-electron chi connectivity index (χ2n) is 27.9. The quantitative estimate of drug-likeness (QED) is 0.0153. The van der Waals surface area contributed by atoms with Gasteiger partial charge in [0, 0.05) is 33.1 Å². The van der Waals surface area contributed by atoms with Crippen LogP contribution >= 0.6 is 0 Å². The topological polar surface area (TPSA) is 525 Å². The molecule has 4 rings (SSSR count). The van der Waals surface area contributed by atoms with Crippen molar-refractivity contribution in [1.29, 1.82) is 0 Å². The van der Waals surface area contributed by atoms with E-state index in [0.717, 1.165) is 65.2 Å². The van der Waals surface area contributed by atoms with Gasteiger partial charge in [-0.05, 0) is 19.3 Å². The summed E-state index contributed by atoms with van der Waals surface area (Å²) < 4.78 is 46.1. The minimum atomic E-state index is -3.51. The Morgan fingerprint density at radius 2 is 0.981 bits per heavy atom. The number of aliphatic carboxylic acids is 2. The molecular formula is C70H123N3Na2O29. The molecule has 0 unspecified atom stereocenters. The number of ether oxygens (including phenoxy) is 8. The maximum Gasteiger partial charge on any atom is 1.00 e. The second kappa shape index (κ2) is 52.4. The van der Waals surface area contributed by atoms with Gasteiger partial charge >= 0.3 is 59.1 Å². The summed E-state index contributed by atoms with van der Waals surface area (Å²) >= 11 is 0. The number of hydrogen-bond acceptors (Lipinski definition) is 29. The standard InChI is InChI=1S/C70H125N3O29.2Na/c1-5-7-9-11-13-15-17-19-20-22-24-26-28-30-32-34-52(84)73-44(45(80)33-31-29-27-25-23-21-18-16-14-12-10-8-6-2)41-95-65-59(89)58(88)61(51(40-77)97-65)98-66-60(90)64(56(86)49(38-75)96-66)102-70(68(93)94)36-47(82)54(72-43(4)79)63(101-70)57(87)50(39-76)99-69(67(91)92)35-46(81)53(71-42(3)78)62(100-69)55(85)48(83)37-74;;/h31,33,44-51,53-66,74-77,80-83,85-90H,5-30,32,34-41H2,1-4H3,(H,71,78)(H,72,79)(H,73,84)(H,91,92)(H,93,94);;/q;2*+1/p-2/b33-31+;;/t44-,45+,46-,47-,48+,49+,50+,51+,53+,54+,55+,56-,57+,58+,59+,60+,61+,62+,63+,64-,65+,66-,69+,70-;;/m0../s1. The summed E-state index contributed by atoms with van der Waals surface area (Å²) in [4.78, 5) is 64.7. The molecule has 32 nitrogen and oxygen atoms in total. The molecule has 0 spiro atoms. The Labute approximate surface area is 655 Å². The van der Waals surface area contributed by atoms with Gasteiger partial charge in [0.15, 0.2) is 12.6 Å². The van der Waals surface area contributed by atoms with E-state index in [2.05, 4.69) is 29.8 Å². The fourth-order valence-corrected chi connectivity index (χ4v) is 13.5. The van der Waals surface area contributed by atoms with E-state index in [1.54, 1.807) is 6.08 Å². The van der Waals surface area contributed by atoms with Crippen molar-refractivity contribution in [2.75, 3.05) is 33.0 Å². The van der Waals surface area contributed by atoms with E-state index < -0.39 is 216 Å². The first-order chi connectivity index (χ1) is 48.7. The number of unbranched alkanes of at least 4 members (excludes halogenated alkanes) is 25. The molecule has 0 bridgehead atoms. The molecule has 0 aromatic carbocycles. The van der Waals surface area contributed by atoms with Gasteiger partial charge in [-0.15, -0.1) is 0 Å². The van der Waals surface area contributed by atoms with E-state index in [1.807, 2.05) is 6.08 Å². The summed E-state index contributed by atoms with van der Waals surface area (Å²) in [6.45, 7) is 0.955. The van der Waals surface area contributed by atoms with Crippen molar-refractivity contribution in [1.82, 2.24) is 16.0 Å². The number of aliphatic hydroxyl groups is 14. The van der Waals surface area contributed by atoms with E-state index in [-0.39, 0.29) is 71.4 Å². The Morgan fingerprint density at radius 3 is 1.43 bits per heavy atom. The number of allylic oxidation sites excluding steroid dienone is 1. The third kappa shape index (κ3) is 31.4. The third-order valence-electron chi connectivity index (χ3n) is 19.4. The number of carboxylic acids is 2. The first kappa shape index (κ1) is 98.3. The van der Waals surface area contributed by atoms with Crippen LogP contribution in [0.4, 0.5) is 0 Å². The van der Waals surface area contributed by atoms with Crippen LogP contribution in [0, 0.1) is 0 Å². The summed E-state index contributed by atoms with van der Waals surface area (Å²) in [7, 11) is 0. The predicted molar refractivity (Wildman–Crippen MR) is 358 cm³/mol. The average molecular weight is 1520 g/mol. The molecule has 4 saturated heterocycles. The summed E-state index contributed by atoms with van der Waals surface area (Å²) in [6, 6.07) is -4.81. The van der Waals surface area contributed by atoms with Gasteiger partial charge in [0.1, 0.15) is 97.4 Å². The Morgan fingerprint density at radius 1 is 0.538 bits per heavy atom. The SMILES string of the molecule is CCCCCCCCCCCCC/C=C/[C@@H](O)[C@H](CO[C@@H]1O[C@H](CO)[C@@H](O[C@@H]2O[C@H](CO)[C@H](O)[C@H](O[C@]3(C(=O)[O-])C[C@H](O)[C@@H](NC(C)=O)[C@H]([C@H](O)[C@@H](CO)O[C@]4(C(=O)[O-])C[C@H](O)[C@@H](NC(C)=O)[C@H]([C@H](O)[C@H](O)CO)O4)O3)[C@H]2O)[C@H](O)[C@H]1O)NC(=O)CCCCCCCCCCCCCCCCC.[Na+].[Na+]. The number of amides is 3. The molecule has 4 fully saturated rings. The molecular weight excluding hydrogens is 1390 g/mol. The van der Waals surface area contributed by atoms with Gasteiger partial charge in [-0.1, -0.05) is 180 Å². The zero-order valence-corrected chi connectivity index (χ0v) is 66.0. The van der Waals surface area contributed by atoms with Crippen molar-refractivity contribution < 1.29 is 203 Å². The van der Waals surface area contributed by atoms with Crippen LogP contribution in [0.1, 0.15) is 220 Å². The number of aliphatic hydroxyl groups excluding tert-OH is 14. The fourth-order valence-electron chi connectivity index (χ4n) is 13.5. The number of rotatable bonds is 52. The predicted octanol–water partition coefficient (Wildman–Crippen LogP) is -8.32. The van der Waals surface area contributed by atoms with E-state index in [9.17, 15) is 106 Å². The van der Waals surface area contributed by atoms with E-state index >= 15 is 0 Å². The maximum atomic E-state index is 13.5. The van der Waals surface area contributed by atoms with E-state index in [4.69, 9.17) is 37.9 Å². The number of carbonyl (C=O) groups is 5. The monoisotopic (exact) mass is 1520 g/mol. The smallest absolute Gasteiger partial charge is 0.544 e. The Balaban J connectivity index is 0.0000184. The zero-order valence-electron chi connectivity index (χ0n) is 62.0. The van der Waals surface area contributed by atoms with E-state index in [1.165, 1.54) is 109 Å². The van der Waals surface area contributed by atoms with Crippen LogP contribution in [0.3, 0.4) is 0 Å². The first-order valence-corrected chi connectivity index (χ1v) is 37.2. The number of nitrogens with one attached hydrogen (secondary N) is 3. The van der Waals surface area contributed by atoms with Gasteiger partial charge in [-0.25, -0.2) is 0 Å². The van der Waals surface area contributed by atoms with Crippen molar-refractivity contribution in [3.63, 3.8) is 0 Å². The van der Waals surface area contributed by atoms with Crippen LogP contribution in [0.25, 0.3) is 0 Å².